The number of pyridine rings is 4. The van der Waals surface area contributed by atoms with Gasteiger partial charge in [0.25, 0.3) is 0 Å². The van der Waals surface area contributed by atoms with Crippen molar-refractivity contribution in [2.24, 2.45) is 28.2 Å². The maximum atomic E-state index is 8.97. The van der Waals surface area contributed by atoms with E-state index in [1.54, 1.807) is 29.7 Å². The summed E-state index contributed by atoms with van der Waals surface area (Å²) in [5.74, 6) is -0.531. The molecule has 0 bridgehead atoms. The summed E-state index contributed by atoms with van der Waals surface area (Å²) in [5.41, 5.74) is 18.6. The quantitative estimate of drug-likeness (QED) is 0.153. The molecule has 20 aromatic rings. The van der Waals surface area contributed by atoms with Crippen molar-refractivity contribution in [3.05, 3.63) is 311 Å². The maximum Gasteiger partial charge on any atom is 0.230 e. The molecule has 21 rings (SSSR count). The van der Waals surface area contributed by atoms with Crippen LogP contribution in [-0.2, 0) is 28.2 Å². The van der Waals surface area contributed by atoms with Gasteiger partial charge in [-0.05, 0) is 206 Å². The Morgan fingerprint density at radius 1 is 0.303 bits per heavy atom. The Kier molecular flexibility index (Phi) is 16.1. The lowest BCUT2D eigenvalue weighted by molar-refractivity contribution is -0.659. The molecule has 0 aliphatic heterocycles. The van der Waals surface area contributed by atoms with Crippen molar-refractivity contribution < 1.29 is 27.9 Å². The fraction of sp³-hybridized carbons (Fsp3) is 0.168. The molecule has 0 amide bonds. The predicted octanol–water partition coefficient (Wildman–Crippen LogP) is 26.9. The number of nitrogens with zero attached hydrogens (tertiary/aromatic N) is 4. The van der Waals surface area contributed by atoms with E-state index >= 15 is 0 Å². The topological polar surface area (TPSA) is 15.5 Å². The van der Waals surface area contributed by atoms with Gasteiger partial charge in [0.1, 0.15) is 47.0 Å². The Balaban J connectivity index is 0.000000109. The van der Waals surface area contributed by atoms with Crippen molar-refractivity contribution in [3.63, 3.8) is 0 Å². The molecule has 1 fully saturated rings. The number of hydrogen-bond donors (Lipinski definition) is 0. The summed E-state index contributed by atoms with van der Waals surface area (Å²) in [6, 6.07) is 84.4. The molecule has 8 heteroatoms. The zero-order valence-electron chi connectivity index (χ0n) is 70.1. The number of benzene rings is 12. The van der Waals surface area contributed by atoms with Crippen LogP contribution in [0.15, 0.2) is 261 Å². The molecule has 532 valence electrons. The van der Waals surface area contributed by atoms with E-state index in [-0.39, 0.29) is 5.56 Å². The largest absolute Gasteiger partial charge is 0.230 e. The second-order valence-corrected chi connectivity index (χ2v) is 34.1. The van der Waals surface area contributed by atoms with Gasteiger partial charge in [-0.25, -0.2) is 0 Å². The van der Waals surface area contributed by atoms with Gasteiger partial charge in [0.2, 0.25) is 22.8 Å². The van der Waals surface area contributed by atoms with Gasteiger partial charge in [-0.1, -0.05) is 187 Å². The van der Waals surface area contributed by atoms with E-state index in [2.05, 4.69) is 300 Å². The zero-order chi connectivity index (χ0) is 80.5. The van der Waals surface area contributed by atoms with Crippen LogP contribution in [0.1, 0.15) is 91.2 Å². The highest BCUT2D eigenvalue weighted by Crippen LogP contribution is 2.47. The Labute approximate surface area is 663 Å². The van der Waals surface area contributed by atoms with Crippen molar-refractivity contribution in [1.29, 1.82) is 0 Å². The Morgan fingerprint density at radius 3 is 1.20 bits per heavy atom. The summed E-state index contributed by atoms with van der Waals surface area (Å²) < 4.78 is 76.0. The summed E-state index contributed by atoms with van der Waals surface area (Å²) in [6.45, 7) is 8.29. The van der Waals surface area contributed by atoms with Crippen LogP contribution in [0.25, 0.3) is 169 Å². The normalized spacial score (nSPS) is 14.1. The van der Waals surface area contributed by atoms with Crippen LogP contribution in [-0.4, -0.2) is 0 Å². The maximum absolute atomic E-state index is 8.97. The number of aryl methyl sites for hydroxylation is 12. The summed E-state index contributed by atoms with van der Waals surface area (Å²) in [4.78, 5) is 0. The standard InChI is InChI=1S/C30H30NS.2C24H20NS.C23H18NS/c1-18-9-12-24(19(2)15-18)28-30-27(20(3)17-31(28)4)26-14-11-23-16-22(21-7-5-6-8-21)10-13-25(23)29(26)32-30;2*1-15-8-9-17-14-22-21(13-18(17)12-15)20-10-11-25(3)23(24(20)26-22)19-7-5-4-6-16(19)2;1-15-7-3-6-10-18(15)22-23-19(11-12-24(22)2)20-13-16-8-4-5-9-17(16)14-21(20)25-23/h9-17,21H,5-8H2,1-4H3;2*4-14H,1-3H3;3-14H,1-2H3/q4*+1/i1D3,3D3,21D;;;. The molecule has 8 heterocycles. The third-order valence-corrected chi connectivity index (χ3v) is 27.3. The van der Waals surface area contributed by atoms with Crippen LogP contribution in [0, 0.1) is 55.2 Å². The van der Waals surface area contributed by atoms with Gasteiger partial charge < -0.3 is 0 Å². The Bertz CT molecular complexity index is 7210. The minimum atomic E-state index is -2.30. The molecular weight excluding hydrogens is 1400 g/mol. The van der Waals surface area contributed by atoms with E-state index in [1.807, 2.05) is 64.7 Å². The molecule has 0 saturated heterocycles. The van der Waals surface area contributed by atoms with E-state index in [1.165, 1.54) is 154 Å². The highest BCUT2D eigenvalue weighted by Gasteiger charge is 2.28. The van der Waals surface area contributed by atoms with Crippen molar-refractivity contribution in [1.82, 2.24) is 0 Å². The summed E-state index contributed by atoms with van der Waals surface area (Å²) in [7, 11) is 8.28. The lowest BCUT2D eigenvalue weighted by Crippen LogP contribution is -2.31. The van der Waals surface area contributed by atoms with Crippen LogP contribution < -0.4 is 18.3 Å². The Hall–Kier alpha value is -10.8. The molecule has 109 heavy (non-hydrogen) atoms. The summed E-state index contributed by atoms with van der Waals surface area (Å²) in [5, 5.41) is 19.8. The summed E-state index contributed by atoms with van der Waals surface area (Å²) in [6.07, 6.45) is 12.2. The average molecular weight is 1490 g/mol. The van der Waals surface area contributed by atoms with Crippen molar-refractivity contribution in [3.8, 4) is 45.0 Å². The van der Waals surface area contributed by atoms with Crippen molar-refractivity contribution in [2.75, 3.05) is 0 Å². The second-order valence-electron chi connectivity index (χ2n) is 29.9. The van der Waals surface area contributed by atoms with Gasteiger partial charge in [-0.15, -0.1) is 45.3 Å². The first-order valence-electron chi connectivity index (χ1n) is 41.1. The number of hydrogen-bond acceptors (Lipinski definition) is 4. The van der Waals surface area contributed by atoms with Gasteiger partial charge >= 0.3 is 0 Å². The zero-order valence-corrected chi connectivity index (χ0v) is 66.3. The van der Waals surface area contributed by atoms with E-state index in [0.29, 0.717) is 5.56 Å². The molecule has 0 unspecified atom stereocenters. The first-order chi connectivity index (χ1) is 55.7. The van der Waals surface area contributed by atoms with Gasteiger partial charge in [0.05, 0.1) is 22.3 Å². The van der Waals surface area contributed by atoms with E-state index < -0.39 is 19.6 Å². The molecular formula is C101H88N4S4+4. The first kappa shape index (κ1) is 62.1. The van der Waals surface area contributed by atoms with Crippen molar-refractivity contribution in [2.45, 2.75) is 86.8 Å². The molecule has 12 aromatic carbocycles. The molecule has 0 radical (unpaired) electrons. The molecule has 8 aromatic heterocycles. The highest BCUT2D eigenvalue weighted by atomic mass is 32.1. The van der Waals surface area contributed by atoms with Crippen LogP contribution in [0.2, 0.25) is 0 Å². The van der Waals surface area contributed by atoms with E-state index in [9.17, 15) is 0 Å². The van der Waals surface area contributed by atoms with Crippen LogP contribution in [0.3, 0.4) is 0 Å². The highest BCUT2D eigenvalue weighted by molar-refractivity contribution is 7.28. The summed E-state index contributed by atoms with van der Waals surface area (Å²) >= 11 is 7.29. The smallest absolute Gasteiger partial charge is 0.200 e. The van der Waals surface area contributed by atoms with Crippen LogP contribution >= 0.6 is 45.3 Å². The number of fused-ring (bicyclic) bond motifs is 17. The molecule has 1 aliphatic carbocycles. The lowest BCUT2D eigenvalue weighted by atomic mass is 9.94. The Morgan fingerprint density at radius 2 is 0.725 bits per heavy atom. The molecule has 0 N–H and O–H groups in total. The lowest BCUT2D eigenvalue weighted by Gasteiger charge is -2.11. The number of aromatic nitrogens is 4. The fourth-order valence-electron chi connectivity index (χ4n) is 16.9. The minimum absolute atomic E-state index is 0.286. The van der Waals surface area contributed by atoms with Gasteiger partial charge in [0.15, 0.2) is 24.8 Å². The van der Waals surface area contributed by atoms with Crippen molar-refractivity contribution >= 4 is 169 Å². The predicted molar refractivity (Wildman–Crippen MR) is 473 cm³/mol. The van der Waals surface area contributed by atoms with Gasteiger partial charge in [0, 0.05) is 95.2 Å². The molecule has 1 aliphatic rings. The van der Waals surface area contributed by atoms with Crippen LogP contribution in [0.4, 0.5) is 0 Å². The second kappa shape index (κ2) is 28.3. The first-order valence-corrected chi connectivity index (χ1v) is 40.9. The van der Waals surface area contributed by atoms with Gasteiger partial charge in [-0.3, -0.25) is 0 Å². The molecule has 0 atom stereocenters. The third kappa shape index (κ3) is 12.6. The molecule has 1 saturated carbocycles. The van der Waals surface area contributed by atoms with E-state index in [0.717, 1.165) is 79.0 Å². The molecule has 0 spiro atoms. The van der Waals surface area contributed by atoms with Gasteiger partial charge in [-0.2, -0.15) is 18.3 Å². The average Bonchev–Trinajstić information content (AvgIpc) is 1.56. The molecule has 4 nitrogen and oxygen atoms in total. The monoisotopic (exact) mass is 1490 g/mol. The van der Waals surface area contributed by atoms with Crippen LogP contribution in [0.5, 0.6) is 0 Å². The third-order valence-electron chi connectivity index (χ3n) is 22.5. The SMILES string of the molecule is Cc1ccc2cc3sc4c(-c5ccccc5C)[n+](C)ccc4c3cc2c1.Cc1ccc2cc3sc4c(-c5ccccc5C)[n+](C)ccc4c3cc2c1.Cc1ccccc1-c1c2sc3cc4ccccc4cc3c2cc[n+]1C.[2H]C([2H])([2H])c1ccc(-c2c3sc4c5ccc(C6([2H])CCCC6)cc5ccc4c3c(C([2H])([2H])[2H])c[n+]2C)c(C)c1. The minimum Gasteiger partial charge on any atom is -0.200 e. The fourth-order valence-corrected chi connectivity index (χ4v) is 22.3. The number of thiophene rings is 4. The van der Waals surface area contributed by atoms with E-state index in [4.69, 9.17) is 9.60 Å². The number of rotatable bonds is 5.